The average Bonchev–Trinajstić information content (AvgIpc) is 2.91. The van der Waals surface area contributed by atoms with Gasteiger partial charge in [0, 0.05) is 25.5 Å². The molecule has 0 saturated heterocycles. The van der Waals surface area contributed by atoms with Crippen molar-refractivity contribution in [2.45, 2.75) is 18.0 Å². The van der Waals surface area contributed by atoms with Crippen LogP contribution in [0.15, 0.2) is 41.8 Å². The van der Waals surface area contributed by atoms with Crippen LogP contribution in [-0.4, -0.2) is 29.6 Å². The van der Waals surface area contributed by atoms with E-state index in [4.69, 9.17) is 5.11 Å². The number of rotatable bonds is 6. The minimum Gasteiger partial charge on any atom is -0.392 e. The first-order chi connectivity index (χ1) is 9.53. The number of imidazole rings is 1. The van der Waals surface area contributed by atoms with Crippen molar-refractivity contribution < 1.29 is 17.9 Å². The number of aliphatic hydroxyl groups is 1. The summed E-state index contributed by atoms with van der Waals surface area (Å²) >= 11 is 0. The lowest BCUT2D eigenvalue weighted by atomic mass is 10.2. The Labute approximate surface area is 115 Å². The Bertz CT molecular complexity index is 671. The molecule has 8 heteroatoms. The lowest BCUT2D eigenvalue weighted by Crippen LogP contribution is -2.28. The summed E-state index contributed by atoms with van der Waals surface area (Å²) in [7, 11) is -3.86. The molecule has 0 unspecified atom stereocenters. The van der Waals surface area contributed by atoms with Gasteiger partial charge in [0.25, 0.3) is 0 Å². The summed E-state index contributed by atoms with van der Waals surface area (Å²) < 4.78 is 41.4. The van der Waals surface area contributed by atoms with Gasteiger partial charge >= 0.3 is 0 Å². The van der Waals surface area contributed by atoms with Crippen molar-refractivity contribution in [3.63, 3.8) is 0 Å². The number of hydrogen-bond acceptors (Lipinski definition) is 4. The molecule has 0 bridgehead atoms. The molecule has 0 aliphatic heterocycles. The molecule has 0 amide bonds. The minimum absolute atomic E-state index is 0.139. The van der Waals surface area contributed by atoms with Crippen molar-refractivity contribution in [1.82, 2.24) is 14.3 Å². The number of aromatic nitrogens is 2. The van der Waals surface area contributed by atoms with Crippen molar-refractivity contribution in [3.05, 3.63) is 48.3 Å². The monoisotopic (exact) mass is 299 g/mol. The van der Waals surface area contributed by atoms with E-state index in [1.165, 1.54) is 6.07 Å². The zero-order chi connectivity index (χ0) is 14.6. The molecule has 2 rings (SSSR count). The van der Waals surface area contributed by atoms with Crippen LogP contribution < -0.4 is 4.72 Å². The molecule has 2 N–H and O–H groups in total. The van der Waals surface area contributed by atoms with Crippen LogP contribution in [0.25, 0.3) is 0 Å². The number of aliphatic hydroxyl groups excluding tert-OH is 1. The normalized spacial score (nSPS) is 11.7. The van der Waals surface area contributed by atoms with Gasteiger partial charge in [-0.25, -0.2) is 22.5 Å². The number of nitrogens with zero attached hydrogens (tertiary/aromatic N) is 2. The molecule has 0 radical (unpaired) electrons. The van der Waals surface area contributed by atoms with E-state index in [1.54, 1.807) is 23.3 Å². The predicted octanol–water partition coefficient (Wildman–Crippen LogP) is 0.493. The van der Waals surface area contributed by atoms with Crippen LogP contribution in [0, 0.1) is 5.82 Å². The highest BCUT2D eigenvalue weighted by Gasteiger charge is 2.18. The second-order valence-electron chi connectivity index (χ2n) is 4.11. The summed E-state index contributed by atoms with van der Waals surface area (Å²) in [6.45, 7) is 0.0706. The van der Waals surface area contributed by atoms with Gasteiger partial charge in [-0.15, -0.1) is 0 Å². The number of nitrogens with one attached hydrogen (secondary N) is 1. The fraction of sp³-hybridized carbons (Fsp3) is 0.250. The second kappa shape index (κ2) is 6.12. The number of halogens is 1. The standard InChI is InChI=1S/C12H14FN3O3S/c13-11-2-1-10(8-17)12(7-11)20(18,19)15-4-6-16-5-3-14-9-16/h1-3,5,7,9,15,17H,4,6,8H2. The van der Waals surface area contributed by atoms with Gasteiger partial charge in [-0.3, -0.25) is 0 Å². The number of hydrogen-bond donors (Lipinski definition) is 2. The Morgan fingerprint density at radius 3 is 2.85 bits per heavy atom. The maximum Gasteiger partial charge on any atom is 0.241 e. The minimum atomic E-state index is -3.86. The van der Waals surface area contributed by atoms with Crippen LogP contribution in [0.3, 0.4) is 0 Å². The van der Waals surface area contributed by atoms with Crippen LogP contribution in [-0.2, 0) is 23.2 Å². The van der Waals surface area contributed by atoms with E-state index in [9.17, 15) is 12.8 Å². The molecule has 1 aromatic heterocycles. The Kier molecular flexibility index (Phi) is 4.48. The predicted molar refractivity (Wildman–Crippen MR) is 69.7 cm³/mol. The van der Waals surface area contributed by atoms with Gasteiger partial charge in [0.1, 0.15) is 5.82 Å². The van der Waals surface area contributed by atoms with Crippen LogP contribution in [0.2, 0.25) is 0 Å². The maximum atomic E-state index is 13.2. The average molecular weight is 299 g/mol. The van der Waals surface area contributed by atoms with Crippen molar-refractivity contribution in [3.8, 4) is 0 Å². The lowest BCUT2D eigenvalue weighted by molar-refractivity contribution is 0.278. The highest BCUT2D eigenvalue weighted by Crippen LogP contribution is 2.17. The van der Waals surface area contributed by atoms with Gasteiger partial charge in [-0.05, 0) is 17.7 Å². The van der Waals surface area contributed by atoms with Crippen molar-refractivity contribution in [2.75, 3.05) is 6.54 Å². The molecule has 0 spiro atoms. The summed E-state index contributed by atoms with van der Waals surface area (Å²) in [6, 6.07) is 3.25. The smallest absolute Gasteiger partial charge is 0.241 e. The first-order valence-electron chi connectivity index (χ1n) is 5.87. The van der Waals surface area contributed by atoms with E-state index in [2.05, 4.69) is 9.71 Å². The van der Waals surface area contributed by atoms with Gasteiger partial charge in [0.2, 0.25) is 10.0 Å². The maximum absolute atomic E-state index is 13.2. The third kappa shape index (κ3) is 3.41. The van der Waals surface area contributed by atoms with Gasteiger partial charge in [-0.2, -0.15) is 0 Å². The van der Waals surface area contributed by atoms with Gasteiger partial charge in [-0.1, -0.05) is 6.07 Å². The van der Waals surface area contributed by atoms with Crippen molar-refractivity contribution in [2.24, 2.45) is 0 Å². The first kappa shape index (κ1) is 14.6. The van der Waals surface area contributed by atoms with Crippen LogP contribution in [0.5, 0.6) is 0 Å². The SMILES string of the molecule is O=S(=O)(NCCn1ccnc1)c1cc(F)ccc1CO. The van der Waals surface area contributed by atoms with E-state index < -0.39 is 22.4 Å². The number of benzene rings is 1. The van der Waals surface area contributed by atoms with Gasteiger partial charge in [0.05, 0.1) is 17.8 Å². The zero-order valence-corrected chi connectivity index (χ0v) is 11.3. The molecule has 0 aliphatic carbocycles. The summed E-state index contributed by atoms with van der Waals surface area (Å²) in [6.07, 6.45) is 4.86. The highest BCUT2D eigenvalue weighted by molar-refractivity contribution is 7.89. The van der Waals surface area contributed by atoms with E-state index in [0.717, 1.165) is 12.1 Å². The summed E-state index contributed by atoms with van der Waals surface area (Å²) in [5.74, 6) is -0.669. The highest BCUT2D eigenvalue weighted by atomic mass is 32.2. The molecule has 2 aromatic rings. The van der Waals surface area contributed by atoms with E-state index in [1.807, 2.05) is 0 Å². The molecular weight excluding hydrogens is 285 g/mol. The fourth-order valence-corrected chi connectivity index (χ4v) is 2.98. The Balaban J connectivity index is 2.11. The van der Waals surface area contributed by atoms with Crippen LogP contribution in [0.1, 0.15) is 5.56 Å². The lowest BCUT2D eigenvalue weighted by Gasteiger charge is -2.10. The quantitative estimate of drug-likeness (QED) is 0.813. The summed E-state index contributed by atoms with van der Waals surface area (Å²) in [5, 5.41) is 9.12. The molecular formula is C12H14FN3O3S. The molecule has 0 atom stereocenters. The molecule has 1 aromatic carbocycles. The third-order valence-corrected chi connectivity index (χ3v) is 4.25. The molecule has 20 heavy (non-hydrogen) atoms. The van der Waals surface area contributed by atoms with E-state index in [-0.39, 0.29) is 17.0 Å². The Hall–Kier alpha value is -1.77. The molecule has 108 valence electrons. The second-order valence-corrected chi connectivity index (χ2v) is 5.84. The van der Waals surface area contributed by atoms with Crippen LogP contribution >= 0.6 is 0 Å². The molecule has 6 nitrogen and oxygen atoms in total. The van der Waals surface area contributed by atoms with Crippen molar-refractivity contribution in [1.29, 1.82) is 0 Å². The van der Waals surface area contributed by atoms with Gasteiger partial charge < -0.3 is 9.67 Å². The molecule has 1 heterocycles. The molecule has 0 aliphatic rings. The van der Waals surface area contributed by atoms with Crippen molar-refractivity contribution >= 4 is 10.0 Å². The van der Waals surface area contributed by atoms with E-state index >= 15 is 0 Å². The summed E-state index contributed by atoms with van der Waals surface area (Å²) in [5.41, 5.74) is 0.154. The summed E-state index contributed by atoms with van der Waals surface area (Å²) in [4.78, 5) is 3.59. The van der Waals surface area contributed by atoms with Gasteiger partial charge in [0.15, 0.2) is 0 Å². The Morgan fingerprint density at radius 1 is 1.40 bits per heavy atom. The Morgan fingerprint density at radius 2 is 2.20 bits per heavy atom. The fourth-order valence-electron chi connectivity index (χ4n) is 1.72. The zero-order valence-electron chi connectivity index (χ0n) is 10.5. The third-order valence-electron chi connectivity index (χ3n) is 2.71. The largest absolute Gasteiger partial charge is 0.392 e. The molecule has 0 fully saturated rings. The van der Waals surface area contributed by atoms with E-state index in [0.29, 0.717) is 6.54 Å². The first-order valence-corrected chi connectivity index (χ1v) is 7.36. The molecule has 0 saturated carbocycles. The topological polar surface area (TPSA) is 84.2 Å². The number of sulfonamides is 1. The van der Waals surface area contributed by atoms with Crippen LogP contribution in [0.4, 0.5) is 4.39 Å².